The standard InChI is InChI=1S/C21H24Cl2N2O4/c1-4-18(21(27)24-2)25(12-14-5-8-16(28-3)9-6-14)20(26)13-29-19-10-7-15(22)11-17(19)23/h5-11,18H,4,12-13H2,1-3H3,(H,24,27)/t18-/m0/s1. The maximum atomic E-state index is 13.0. The summed E-state index contributed by atoms with van der Waals surface area (Å²) in [6, 6.07) is 11.5. The third-order valence-corrected chi connectivity index (χ3v) is 4.92. The molecule has 0 fully saturated rings. The summed E-state index contributed by atoms with van der Waals surface area (Å²) in [7, 11) is 3.13. The molecule has 0 saturated heterocycles. The average Bonchev–Trinajstić information content (AvgIpc) is 2.73. The second-order valence-electron chi connectivity index (χ2n) is 6.27. The van der Waals surface area contributed by atoms with E-state index in [1.165, 1.54) is 11.0 Å². The molecule has 29 heavy (non-hydrogen) atoms. The van der Waals surface area contributed by atoms with E-state index in [0.29, 0.717) is 28.0 Å². The van der Waals surface area contributed by atoms with E-state index in [0.717, 1.165) is 5.56 Å². The molecule has 156 valence electrons. The van der Waals surface area contributed by atoms with Gasteiger partial charge in [-0.2, -0.15) is 0 Å². The van der Waals surface area contributed by atoms with Crippen molar-refractivity contribution in [3.63, 3.8) is 0 Å². The number of ether oxygens (including phenoxy) is 2. The van der Waals surface area contributed by atoms with Crippen molar-refractivity contribution in [3.8, 4) is 11.5 Å². The Kier molecular flexibility index (Phi) is 8.61. The normalized spacial score (nSPS) is 11.5. The minimum atomic E-state index is -0.626. The monoisotopic (exact) mass is 438 g/mol. The van der Waals surface area contributed by atoms with Gasteiger partial charge < -0.3 is 19.7 Å². The van der Waals surface area contributed by atoms with Gasteiger partial charge in [0.05, 0.1) is 12.1 Å². The molecule has 2 amide bonds. The van der Waals surface area contributed by atoms with Crippen LogP contribution in [0.1, 0.15) is 18.9 Å². The van der Waals surface area contributed by atoms with Crippen LogP contribution in [0.3, 0.4) is 0 Å². The molecule has 0 bridgehead atoms. The van der Waals surface area contributed by atoms with E-state index >= 15 is 0 Å². The zero-order valence-electron chi connectivity index (χ0n) is 16.6. The van der Waals surface area contributed by atoms with E-state index < -0.39 is 6.04 Å². The third-order valence-electron chi connectivity index (χ3n) is 4.39. The largest absolute Gasteiger partial charge is 0.497 e. The Morgan fingerprint density at radius 3 is 2.38 bits per heavy atom. The van der Waals surface area contributed by atoms with Crippen molar-refractivity contribution < 1.29 is 19.1 Å². The van der Waals surface area contributed by atoms with E-state index in [1.54, 1.807) is 26.3 Å². The summed E-state index contributed by atoms with van der Waals surface area (Å²) in [5, 5.41) is 3.40. The maximum Gasteiger partial charge on any atom is 0.261 e. The van der Waals surface area contributed by atoms with Crippen molar-refractivity contribution in [2.24, 2.45) is 0 Å². The van der Waals surface area contributed by atoms with Crippen molar-refractivity contribution in [3.05, 3.63) is 58.1 Å². The SMILES string of the molecule is CC[C@@H](C(=O)NC)N(Cc1ccc(OC)cc1)C(=O)COc1ccc(Cl)cc1Cl. The third kappa shape index (κ3) is 6.27. The lowest BCUT2D eigenvalue weighted by atomic mass is 10.1. The van der Waals surface area contributed by atoms with Gasteiger partial charge in [0.2, 0.25) is 5.91 Å². The number of amides is 2. The van der Waals surface area contributed by atoms with E-state index in [1.807, 2.05) is 31.2 Å². The molecule has 0 aliphatic carbocycles. The first-order valence-corrected chi connectivity index (χ1v) is 9.87. The summed E-state index contributed by atoms with van der Waals surface area (Å²) in [5.41, 5.74) is 0.867. The lowest BCUT2D eigenvalue weighted by Crippen LogP contribution is -2.49. The van der Waals surface area contributed by atoms with Crippen LogP contribution >= 0.6 is 23.2 Å². The zero-order chi connectivity index (χ0) is 21.4. The molecule has 0 aliphatic heterocycles. The van der Waals surface area contributed by atoms with Gasteiger partial charge >= 0.3 is 0 Å². The number of likely N-dealkylation sites (N-methyl/N-ethyl adjacent to an activating group) is 1. The Hall–Kier alpha value is -2.44. The summed E-state index contributed by atoms with van der Waals surface area (Å²) in [6.45, 7) is 1.85. The van der Waals surface area contributed by atoms with Crippen LogP contribution in [0.25, 0.3) is 0 Å². The highest BCUT2D eigenvalue weighted by molar-refractivity contribution is 6.35. The summed E-state index contributed by atoms with van der Waals surface area (Å²) in [5.74, 6) is 0.494. The topological polar surface area (TPSA) is 67.9 Å². The number of hydrogen-bond acceptors (Lipinski definition) is 4. The van der Waals surface area contributed by atoms with Crippen LogP contribution < -0.4 is 14.8 Å². The molecule has 0 radical (unpaired) electrons. The highest BCUT2D eigenvalue weighted by Crippen LogP contribution is 2.27. The van der Waals surface area contributed by atoms with Gasteiger partial charge in [0.1, 0.15) is 17.5 Å². The fraction of sp³-hybridized carbons (Fsp3) is 0.333. The first kappa shape index (κ1) is 22.8. The Bertz CT molecular complexity index is 843. The number of hydrogen-bond donors (Lipinski definition) is 1. The first-order valence-electron chi connectivity index (χ1n) is 9.11. The van der Waals surface area contributed by atoms with Crippen molar-refractivity contribution in [2.45, 2.75) is 25.9 Å². The predicted molar refractivity (Wildman–Crippen MR) is 114 cm³/mol. The van der Waals surface area contributed by atoms with Gasteiger partial charge in [0.25, 0.3) is 5.91 Å². The summed E-state index contributed by atoms with van der Waals surface area (Å²) in [6.07, 6.45) is 0.462. The van der Waals surface area contributed by atoms with E-state index in [-0.39, 0.29) is 25.0 Å². The molecule has 0 aliphatic rings. The van der Waals surface area contributed by atoms with Crippen LogP contribution in [0.2, 0.25) is 10.0 Å². The zero-order valence-corrected chi connectivity index (χ0v) is 18.1. The highest BCUT2D eigenvalue weighted by atomic mass is 35.5. The molecule has 0 unspecified atom stereocenters. The number of nitrogens with zero attached hydrogens (tertiary/aromatic N) is 1. The predicted octanol–water partition coefficient (Wildman–Crippen LogP) is 3.93. The van der Waals surface area contributed by atoms with Gasteiger partial charge in [-0.05, 0) is 42.3 Å². The fourth-order valence-electron chi connectivity index (χ4n) is 2.83. The Balaban J connectivity index is 2.19. The first-order chi connectivity index (χ1) is 13.9. The number of benzene rings is 2. The van der Waals surface area contributed by atoms with Crippen molar-refractivity contribution in [1.29, 1.82) is 0 Å². The Labute approximate surface area is 180 Å². The molecule has 2 rings (SSSR count). The molecule has 1 atom stereocenters. The molecule has 0 spiro atoms. The molecule has 0 aromatic heterocycles. The molecule has 1 N–H and O–H groups in total. The lowest BCUT2D eigenvalue weighted by Gasteiger charge is -2.30. The van der Waals surface area contributed by atoms with Crippen LogP contribution in [0.15, 0.2) is 42.5 Å². The van der Waals surface area contributed by atoms with Gasteiger partial charge in [-0.25, -0.2) is 0 Å². The molecular formula is C21H24Cl2N2O4. The van der Waals surface area contributed by atoms with Crippen LogP contribution in [-0.4, -0.2) is 43.5 Å². The number of carbonyl (C=O) groups is 2. The fourth-order valence-corrected chi connectivity index (χ4v) is 3.29. The van der Waals surface area contributed by atoms with Gasteiger partial charge in [0.15, 0.2) is 6.61 Å². The van der Waals surface area contributed by atoms with Crippen LogP contribution in [0, 0.1) is 0 Å². The Morgan fingerprint density at radius 2 is 1.83 bits per heavy atom. The van der Waals surface area contributed by atoms with Gasteiger partial charge in [-0.3, -0.25) is 9.59 Å². The average molecular weight is 439 g/mol. The van der Waals surface area contributed by atoms with E-state index in [4.69, 9.17) is 32.7 Å². The molecule has 0 heterocycles. The smallest absolute Gasteiger partial charge is 0.261 e. The number of halogens is 2. The van der Waals surface area contributed by atoms with Gasteiger partial charge in [0, 0.05) is 18.6 Å². The number of methoxy groups -OCH3 is 1. The van der Waals surface area contributed by atoms with Crippen LogP contribution in [0.4, 0.5) is 0 Å². The van der Waals surface area contributed by atoms with Crippen molar-refractivity contribution >= 4 is 35.0 Å². The summed E-state index contributed by atoms with van der Waals surface area (Å²) in [4.78, 5) is 26.8. The number of carbonyl (C=O) groups excluding carboxylic acids is 2. The second kappa shape index (κ2) is 10.9. The minimum Gasteiger partial charge on any atom is -0.497 e. The Morgan fingerprint density at radius 1 is 1.14 bits per heavy atom. The summed E-state index contributed by atoms with van der Waals surface area (Å²) < 4.78 is 10.7. The van der Waals surface area contributed by atoms with Crippen molar-refractivity contribution in [2.75, 3.05) is 20.8 Å². The molecular weight excluding hydrogens is 415 g/mol. The van der Waals surface area contributed by atoms with Crippen molar-refractivity contribution in [1.82, 2.24) is 10.2 Å². The lowest BCUT2D eigenvalue weighted by molar-refractivity contribution is -0.142. The molecule has 2 aromatic carbocycles. The quantitative estimate of drug-likeness (QED) is 0.643. The number of nitrogens with one attached hydrogen (secondary N) is 1. The number of rotatable bonds is 9. The molecule has 2 aromatic rings. The molecule has 6 nitrogen and oxygen atoms in total. The minimum absolute atomic E-state index is 0.237. The van der Waals surface area contributed by atoms with Crippen LogP contribution in [-0.2, 0) is 16.1 Å². The molecule has 8 heteroatoms. The molecule has 0 saturated carbocycles. The summed E-state index contributed by atoms with van der Waals surface area (Å²) >= 11 is 12.0. The van der Waals surface area contributed by atoms with Crippen LogP contribution in [0.5, 0.6) is 11.5 Å². The second-order valence-corrected chi connectivity index (χ2v) is 7.12. The highest BCUT2D eigenvalue weighted by Gasteiger charge is 2.28. The maximum absolute atomic E-state index is 13.0. The van der Waals surface area contributed by atoms with E-state index in [2.05, 4.69) is 5.32 Å². The van der Waals surface area contributed by atoms with E-state index in [9.17, 15) is 9.59 Å². The van der Waals surface area contributed by atoms with Gasteiger partial charge in [-0.1, -0.05) is 42.3 Å². The van der Waals surface area contributed by atoms with Gasteiger partial charge in [-0.15, -0.1) is 0 Å².